The molecule has 0 saturated carbocycles. The normalized spacial score (nSPS) is 34.0. The highest BCUT2D eigenvalue weighted by Gasteiger charge is 2.32. The van der Waals surface area contributed by atoms with Gasteiger partial charge in [-0.25, -0.2) is 0 Å². The molecular formula is C13H24N2O2. The van der Waals surface area contributed by atoms with Crippen LogP contribution in [0.2, 0.25) is 0 Å². The number of likely N-dealkylation sites (tertiary alicyclic amines) is 1. The lowest BCUT2D eigenvalue weighted by Crippen LogP contribution is -2.45. The van der Waals surface area contributed by atoms with E-state index in [1.807, 2.05) is 4.90 Å². The highest BCUT2D eigenvalue weighted by molar-refractivity contribution is 5.79. The van der Waals surface area contributed by atoms with E-state index in [0.717, 1.165) is 45.5 Å². The van der Waals surface area contributed by atoms with Crippen molar-refractivity contribution in [2.75, 3.05) is 33.4 Å². The Kier molecular flexibility index (Phi) is 4.40. The summed E-state index contributed by atoms with van der Waals surface area (Å²) in [5.41, 5.74) is 0. The highest BCUT2D eigenvalue weighted by atomic mass is 16.5. The summed E-state index contributed by atoms with van der Waals surface area (Å²) >= 11 is 0. The summed E-state index contributed by atoms with van der Waals surface area (Å²) in [6, 6.07) is 0.568. The number of methoxy groups -OCH3 is 1. The topological polar surface area (TPSA) is 41.6 Å². The van der Waals surface area contributed by atoms with Crippen molar-refractivity contribution < 1.29 is 9.53 Å². The van der Waals surface area contributed by atoms with E-state index in [0.29, 0.717) is 17.9 Å². The first kappa shape index (κ1) is 12.8. The van der Waals surface area contributed by atoms with Gasteiger partial charge in [0, 0.05) is 38.7 Å². The maximum atomic E-state index is 12.3. The number of carbonyl (C=O) groups is 1. The van der Waals surface area contributed by atoms with Gasteiger partial charge in [0.15, 0.2) is 0 Å². The van der Waals surface area contributed by atoms with Gasteiger partial charge in [-0.3, -0.25) is 4.79 Å². The monoisotopic (exact) mass is 240 g/mol. The number of hydrogen-bond acceptors (Lipinski definition) is 3. The third-order valence-electron chi connectivity index (χ3n) is 4.01. The molecule has 2 fully saturated rings. The quantitative estimate of drug-likeness (QED) is 0.796. The molecule has 1 N–H and O–H groups in total. The van der Waals surface area contributed by atoms with Gasteiger partial charge in [0.2, 0.25) is 5.91 Å². The maximum absolute atomic E-state index is 12.3. The van der Waals surface area contributed by atoms with Crippen LogP contribution in [0.5, 0.6) is 0 Å². The summed E-state index contributed by atoms with van der Waals surface area (Å²) in [5, 5.41) is 3.40. The SMILES string of the molecule is COCC1CCN(C(=O)C2CCC(C)NC2)C1. The van der Waals surface area contributed by atoms with Crippen LogP contribution in [0.3, 0.4) is 0 Å². The molecule has 0 aliphatic carbocycles. The van der Waals surface area contributed by atoms with Crippen molar-refractivity contribution in [1.82, 2.24) is 10.2 Å². The molecule has 0 radical (unpaired) electrons. The largest absolute Gasteiger partial charge is 0.384 e. The van der Waals surface area contributed by atoms with Crippen molar-refractivity contribution in [2.24, 2.45) is 11.8 Å². The zero-order valence-corrected chi connectivity index (χ0v) is 10.9. The van der Waals surface area contributed by atoms with Crippen molar-refractivity contribution in [3.8, 4) is 0 Å². The van der Waals surface area contributed by atoms with Crippen LogP contribution in [0.15, 0.2) is 0 Å². The number of nitrogens with one attached hydrogen (secondary N) is 1. The molecule has 2 heterocycles. The number of ether oxygens (including phenoxy) is 1. The molecule has 1 amide bonds. The summed E-state index contributed by atoms with van der Waals surface area (Å²) in [4.78, 5) is 14.3. The minimum Gasteiger partial charge on any atom is -0.384 e. The molecule has 0 aromatic rings. The predicted molar refractivity (Wildman–Crippen MR) is 66.8 cm³/mol. The van der Waals surface area contributed by atoms with Crippen LogP contribution in [0, 0.1) is 11.8 Å². The Morgan fingerprint density at radius 2 is 2.24 bits per heavy atom. The molecule has 3 atom stereocenters. The molecule has 98 valence electrons. The van der Waals surface area contributed by atoms with Crippen LogP contribution in [-0.4, -0.2) is 50.2 Å². The lowest BCUT2D eigenvalue weighted by atomic mass is 9.94. The van der Waals surface area contributed by atoms with Crippen LogP contribution in [0.25, 0.3) is 0 Å². The average molecular weight is 240 g/mol. The fourth-order valence-corrected chi connectivity index (χ4v) is 2.87. The van der Waals surface area contributed by atoms with Gasteiger partial charge < -0.3 is 15.0 Å². The van der Waals surface area contributed by atoms with Crippen molar-refractivity contribution in [2.45, 2.75) is 32.2 Å². The molecule has 3 unspecified atom stereocenters. The third-order valence-corrected chi connectivity index (χ3v) is 4.01. The Morgan fingerprint density at radius 3 is 2.88 bits per heavy atom. The predicted octanol–water partition coefficient (Wildman–Crippen LogP) is 0.869. The van der Waals surface area contributed by atoms with Crippen LogP contribution >= 0.6 is 0 Å². The second kappa shape index (κ2) is 5.83. The van der Waals surface area contributed by atoms with Gasteiger partial charge in [0.1, 0.15) is 0 Å². The van der Waals surface area contributed by atoms with Crippen LogP contribution in [-0.2, 0) is 9.53 Å². The zero-order valence-electron chi connectivity index (χ0n) is 10.9. The standard InChI is InChI=1S/C13H24N2O2/c1-10-3-4-12(7-14-10)13(16)15-6-5-11(8-15)9-17-2/h10-12,14H,3-9H2,1-2H3. The number of rotatable bonds is 3. The van der Waals surface area contributed by atoms with E-state index < -0.39 is 0 Å². The number of hydrogen-bond donors (Lipinski definition) is 1. The number of carbonyl (C=O) groups excluding carboxylic acids is 1. The van der Waals surface area contributed by atoms with Crippen molar-refractivity contribution in [3.05, 3.63) is 0 Å². The Hall–Kier alpha value is -0.610. The molecular weight excluding hydrogens is 216 g/mol. The first-order valence-corrected chi connectivity index (χ1v) is 6.71. The molecule has 2 saturated heterocycles. The molecule has 0 spiro atoms. The second-order valence-corrected chi connectivity index (χ2v) is 5.48. The summed E-state index contributed by atoms with van der Waals surface area (Å²) in [7, 11) is 1.73. The number of amides is 1. The van der Waals surface area contributed by atoms with Crippen molar-refractivity contribution >= 4 is 5.91 Å². The Labute approximate surface area is 104 Å². The molecule has 2 aliphatic rings. The van der Waals surface area contributed by atoms with E-state index in [1.165, 1.54) is 0 Å². The van der Waals surface area contributed by atoms with Gasteiger partial charge in [-0.05, 0) is 26.2 Å². The smallest absolute Gasteiger partial charge is 0.226 e. The molecule has 17 heavy (non-hydrogen) atoms. The fourth-order valence-electron chi connectivity index (χ4n) is 2.87. The number of piperidine rings is 1. The van der Waals surface area contributed by atoms with Crippen LogP contribution in [0.1, 0.15) is 26.2 Å². The first-order chi connectivity index (χ1) is 8.20. The van der Waals surface area contributed by atoms with Gasteiger partial charge in [0.05, 0.1) is 12.5 Å². The van der Waals surface area contributed by atoms with Gasteiger partial charge in [-0.15, -0.1) is 0 Å². The summed E-state index contributed by atoms with van der Waals surface area (Å²) in [5.74, 6) is 1.09. The summed E-state index contributed by atoms with van der Waals surface area (Å²) in [6.07, 6.45) is 3.25. The van der Waals surface area contributed by atoms with Crippen molar-refractivity contribution in [3.63, 3.8) is 0 Å². The van der Waals surface area contributed by atoms with Crippen LogP contribution in [0.4, 0.5) is 0 Å². The zero-order chi connectivity index (χ0) is 12.3. The van der Waals surface area contributed by atoms with Gasteiger partial charge in [-0.1, -0.05) is 0 Å². The molecule has 0 aromatic heterocycles. The maximum Gasteiger partial charge on any atom is 0.226 e. The molecule has 0 bridgehead atoms. The minimum atomic E-state index is 0.201. The third kappa shape index (κ3) is 3.19. The van der Waals surface area contributed by atoms with Gasteiger partial charge in [-0.2, -0.15) is 0 Å². The van der Waals surface area contributed by atoms with E-state index in [4.69, 9.17) is 4.74 Å². The highest BCUT2D eigenvalue weighted by Crippen LogP contribution is 2.22. The molecule has 4 heteroatoms. The van der Waals surface area contributed by atoms with E-state index in [-0.39, 0.29) is 5.92 Å². The average Bonchev–Trinajstić information content (AvgIpc) is 2.78. The first-order valence-electron chi connectivity index (χ1n) is 6.71. The van der Waals surface area contributed by atoms with E-state index >= 15 is 0 Å². The molecule has 2 aliphatic heterocycles. The van der Waals surface area contributed by atoms with Gasteiger partial charge >= 0.3 is 0 Å². The lowest BCUT2D eigenvalue weighted by molar-refractivity contribution is -0.135. The summed E-state index contributed by atoms with van der Waals surface area (Å²) in [6.45, 7) is 5.62. The second-order valence-electron chi connectivity index (χ2n) is 5.48. The van der Waals surface area contributed by atoms with Crippen molar-refractivity contribution in [1.29, 1.82) is 0 Å². The van der Waals surface area contributed by atoms with E-state index in [9.17, 15) is 4.79 Å². The fraction of sp³-hybridized carbons (Fsp3) is 0.923. The van der Waals surface area contributed by atoms with E-state index in [2.05, 4.69) is 12.2 Å². The van der Waals surface area contributed by atoms with Crippen LogP contribution < -0.4 is 5.32 Å². The Morgan fingerprint density at radius 1 is 1.41 bits per heavy atom. The molecule has 2 rings (SSSR count). The minimum absolute atomic E-state index is 0.201. The Balaban J connectivity index is 1.80. The van der Waals surface area contributed by atoms with E-state index in [1.54, 1.807) is 7.11 Å². The summed E-state index contributed by atoms with van der Waals surface area (Å²) < 4.78 is 5.16. The molecule has 4 nitrogen and oxygen atoms in total. The van der Waals surface area contributed by atoms with Gasteiger partial charge in [0.25, 0.3) is 0 Å². The number of nitrogens with zero attached hydrogens (tertiary/aromatic N) is 1. The Bertz CT molecular complexity index is 262. The lowest BCUT2D eigenvalue weighted by Gasteiger charge is -2.30. The molecule has 0 aromatic carbocycles.